The molecule has 2 amide bonds. The van der Waals surface area contributed by atoms with E-state index >= 15 is 0 Å². The summed E-state index contributed by atoms with van der Waals surface area (Å²) in [7, 11) is 1.69. The number of anilines is 1. The van der Waals surface area contributed by atoms with Gasteiger partial charge >= 0.3 is 6.03 Å². The fourth-order valence-electron chi connectivity index (χ4n) is 3.18. The van der Waals surface area contributed by atoms with Crippen LogP contribution in [0.3, 0.4) is 0 Å². The summed E-state index contributed by atoms with van der Waals surface area (Å²) < 4.78 is 7.07. The predicted octanol–water partition coefficient (Wildman–Crippen LogP) is 3.76. The van der Waals surface area contributed by atoms with Crippen molar-refractivity contribution >= 4 is 17.6 Å². The number of ether oxygens (including phenoxy) is 1. The van der Waals surface area contributed by atoms with Crippen molar-refractivity contribution in [1.82, 2.24) is 14.8 Å². The second-order valence-corrected chi connectivity index (χ2v) is 7.74. The maximum atomic E-state index is 12.7. The summed E-state index contributed by atoms with van der Waals surface area (Å²) in [5.41, 5.74) is 6.27. The van der Waals surface area contributed by atoms with Gasteiger partial charge in [-0.05, 0) is 61.9 Å². The van der Waals surface area contributed by atoms with Gasteiger partial charge in [-0.15, -0.1) is 5.10 Å². The van der Waals surface area contributed by atoms with Gasteiger partial charge in [-0.1, -0.05) is 24.3 Å². The Kier molecular flexibility index (Phi) is 5.59. The third-order valence-corrected chi connectivity index (χ3v) is 5.37. The molecule has 3 aromatic rings. The molecule has 8 nitrogen and oxygen atoms in total. The number of carbonyl (C=O) groups is 2. The van der Waals surface area contributed by atoms with E-state index in [-0.39, 0.29) is 11.9 Å². The third-order valence-electron chi connectivity index (χ3n) is 5.37. The van der Waals surface area contributed by atoms with E-state index in [1.165, 1.54) is 15.9 Å². The highest BCUT2D eigenvalue weighted by molar-refractivity contribution is 5.92. The van der Waals surface area contributed by atoms with Crippen molar-refractivity contribution in [3.05, 3.63) is 84.9 Å². The van der Waals surface area contributed by atoms with Crippen LogP contribution in [0.2, 0.25) is 0 Å². The molecule has 32 heavy (non-hydrogen) atoms. The van der Waals surface area contributed by atoms with Crippen molar-refractivity contribution in [2.45, 2.75) is 13.3 Å². The van der Waals surface area contributed by atoms with Gasteiger partial charge in [0.15, 0.2) is 5.82 Å². The van der Waals surface area contributed by atoms with Crippen LogP contribution in [0.25, 0.3) is 11.4 Å². The van der Waals surface area contributed by atoms with Gasteiger partial charge in [0.05, 0.1) is 5.41 Å². The molecule has 2 aromatic carbocycles. The lowest BCUT2D eigenvalue weighted by atomic mass is 9.83. The summed E-state index contributed by atoms with van der Waals surface area (Å²) in [5.74, 6) is 1.34. The molecule has 1 aliphatic rings. The Balaban J connectivity index is 1.43. The number of aromatic nitrogens is 3. The first-order valence-corrected chi connectivity index (χ1v) is 10.1. The molecule has 2 N–H and O–H groups in total. The molecular formula is C24H23N5O3. The first-order valence-electron chi connectivity index (χ1n) is 10.1. The highest BCUT2D eigenvalue weighted by Gasteiger charge is 2.29. The number of allylic oxidation sites excluding steroid dienone is 2. The number of hydrogen-bond acceptors (Lipinski definition) is 5. The van der Waals surface area contributed by atoms with Gasteiger partial charge in [0, 0.05) is 18.3 Å². The number of amides is 2. The van der Waals surface area contributed by atoms with Gasteiger partial charge in [0.25, 0.3) is 0 Å². The predicted molar refractivity (Wildman–Crippen MR) is 121 cm³/mol. The average molecular weight is 429 g/mol. The van der Waals surface area contributed by atoms with E-state index in [1.54, 1.807) is 38.3 Å². The normalized spacial score (nSPS) is 17.5. The Labute approximate surface area is 185 Å². The fourth-order valence-corrected chi connectivity index (χ4v) is 3.18. The molecule has 8 heteroatoms. The Bertz CT molecular complexity index is 1200. The molecule has 0 spiro atoms. The van der Waals surface area contributed by atoms with Gasteiger partial charge < -0.3 is 10.5 Å². The number of rotatable bonds is 5. The summed E-state index contributed by atoms with van der Waals surface area (Å²) in [4.78, 5) is 30.0. The van der Waals surface area contributed by atoms with Crippen LogP contribution in [0, 0.1) is 5.41 Å². The van der Waals surface area contributed by atoms with Gasteiger partial charge in [0.2, 0.25) is 5.91 Å². The van der Waals surface area contributed by atoms with Crippen LogP contribution in [-0.2, 0) is 4.79 Å². The zero-order chi connectivity index (χ0) is 22.7. The zero-order valence-electron chi connectivity index (χ0n) is 17.8. The maximum absolute atomic E-state index is 12.7. The smallest absolute Gasteiger partial charge is 0.350 e. The van der Waals surface area contributed by atoms with Crippen molar-refractivity contribution in [2.75, 3.05) is 11.9 Å². The molecule has 1 aliphatic carbocycles. The van der Waals surface area contributed by atoms with Crippen molar-refractivity contribution in [3.63, 3.8) is 0 Å². The molecule has 1 unspecified atom stereocenters. The molecule has 0 radical (unpaired) electrons. The van der Waals surface area contributed by atoms with Crippen molar-refractivity contribution in [3.8, 4) is 17.1 Å². The molecule has 0 bridgehead atoms. The lowest BCUT2D eigenvalue weighted by Crippen LogP contribution is -2.33. The lowest BCUT2D eigenvalue weighted by molar-refractivity contribution is -0.124. The Morgan fingerprint density at radius 3 is 2.47 bits per heavy atom. The van der Waals surface area contributed by atoms with Gasteiger partial charge in [-0.3, -0.25) is 9.69 Å². The van der Waals surface area contributed by atoms with Crippen LogP contribution in [-0.4, -0.2) is 33.8 Å². The minimum atomic E-state index is -0.687. The average Bonchev–Trinajstić information content (AvgIpc) is 3.31. The molecular weight excluding hydrogens is 406 g/mol. The van der Waals surface area contributed by atoms with E-state index in [0.29, 0.717) is 23.8 Å². The van der Waals surface area contributed by atoms with Crippen LogP contribution in [0.4, 0.5) is 10.5 Å². The molecule has 0 saturated carbocycles. The molecule has 0 aliphatic heterocycles. The maximum Gasteiger partial charge on any atom is 0.350 e. The summed E-state index contributed by atoms with van der Waals surface area (Å²) >= 11 is 0. The summed E-state index contributed by atoms with van der Waals surface area (Å²) in [6, 6.07) is 16.2. The van der Waals surface area contributed by atoms with Gasteiger partial charge in [0.1, 0.15) is 17.8 Å². The van der Waals surface area contributed by atoms with Crippen molar-refractivity contribution < 1.29 is 14.3 Å². The van der Waals surface area contributed by atoms with E-state index in [9.17, 15) is 9.59 Å². The highest BCUT2D eigenvalue weighted by atomic mass is 16.5. The Hall–Kier alpha value is -4.20. The highest BCUT2D eigenvalue weighted by Crippen LogP contribution is 2.30. The minimum Gasteiger partial charge on any atom is -0.458 e. The van der Waals surface area contributed by atoms with Crippen LogP contribution >= 0.6 is 0 Å². The Morgan fingerprint density at radius 1 is 1.12 bits per heavy atom. The minimum absolute atomic E-state index is 0.311. The zero-order valence-corrected chi connectivity index (χ0v) is 17.8. The molecule has 1 heterocycles. The van der Waals surface area contributed by atoms with Crippen LogP contribution < -0.4 is 15.4 Å². The summed E-state index contributed by atoms with van der Waals surface area (Å²) in [6.45, 7) is 1.79. The topological polar surface area (TPSA) is 103 Å². The van der Waals surface area contributed by atoms with E-state index in [1.807, 2.05) is 48.5 Å². The molecule has 0 saturated heterocycles. The molecule has 4 rings (SSSR count). The largest absolute Gasteiger partial charge is 0.458 e. The standard InChI is InChI=1S/C24H23N5O3/c1-24(22(25)30)14-12-20(13-15-24)32-19-10-8-17(9-11-19)21-26-16-29(27-21)23(31)28(2)18-6-4-3-5-7-18/h3-14,16H,15H2,1-2H3,(H2,25,30). The summed E-state index contributed by atoms with van der Waals surface area (Å²) in [6.07, 6.45) is 7.24. The van der Waals surface area contributed by atoms with Crippen LogP contribution in [0.1, 0.15) is 13.3 Å². The van der Waals surface area contributed by atoms with E-state index < -0.39 is 5.41 Å². The van der Waals surface area contributed by atoms with Gasteiger partial charge in [-0.2, -0.15) is 4.68 Å². The van der Waals surface area contributed by atoms with E-state index in [0.717, 1.165) is 11.3 Å². The number of benzene rings is 2. The van der Waals surface area contributed by atoms with E-state index in [2.05, 4.69) is 10.1 Å². The fraction of sp³-hybridized carbons (Fsp3) is 0.167. The summed E-state index contributed by atoms with van der Waals surface area (Å²) in [5, 5.41) is 4.31. The van der Waals surface area contributed by atoms with Crippen molar-refractivity contribution in [2.24, 2.45) is 11.1 Å². The molecule has 162 valence electrons. The SMILES string of the molecule is CN(C(=O)n1cnc(-c2ccc(OC3=CCC(C)(C(N)=O)C=C3)cc2)n1)c1ccccc1. The number of primary amides is 1. The monoisotopic (exact) mass is 429 g/mol. The number of nitrogens with two attached hydrogens (primary N) is 1. The first kappa shape index (κ1) is 21.0. The molecule has 0 fully saturated rings. The first-order chi connectivity index (χ1) is 15.4. The number of hydrogen-bond donors (Lipinski definition) is 1. The second kappa shape index (κ2) is 8.50. The number of nitrogens with zero attached hydrogens (tertiary/aromatic N) is 4. The van der Waals surface area contributed by atoms with Crippen LogP contribution in [0.15, 0.2) is 84.9 Å². The van der Waals surface area contributed by atoms with E-state index in [4.69, 9.17) is 10.5 Å². The van der Waals surface area contributed by atoms with Gasteiger partial charge in [-0.25, -0.2) is 9.78 Å². The third kappa shape index (κ3) is 4.29. The lowest BCUT2D eigenvalue weighted by Gasteiger charge is -2.24. The second-order valence-electron chi connectivity index (χ2n) is 7.74. The quantitative estimate of drug-likeness (QED) is 0.665. The number of carbonyl (C=O) groups excluding carboxylic acids is 2. The molecule has 1 atom stereocenters. The van der Waals surface area contributed by atoms with Crippen molar-refractivity contribution in [1.29, 1.82) is 0 Å². The molecule has 1 aromatic heterocycles. The Morgan fingerprint density at radius 2 is 1.84 bits per heavy atom. The van der Waals surface area contributed by atoms with Crippen LogP contribution in [0.5, 0.6) is 5.75 Å². The number of para-hydroxylation sites is 1.